The number of carboxylic acid groups (broad SMARTS) is 1. The minimum atomic E-state index is -0.936. The summed E-state index contributed by atoms with van der Waals surface area (Å²) in [6.45, 7) is 7.17. The Morgan fingerprint density at radius 2 is 1.93 bits per heavy atom. The number of allylic oxidation sites excluding steroid dienone is 1. The van der Waals surface area contributed by atoms with E-state index in [1.165, 1.54) is 11.8 Å². The molecule has 1 atom stereocenters. The molecule has 162 valence electrons. The van der Waals surface area contributed by atoms with Crippen molar-refractivity contribution in [3.05, 3.63) is 33.3 Å². The number of unbranched alkanes of at least 4 members (excludes halogenated alkanes) is 1. The predicted molar refractivity (Wildman–Crippen MR) is 122 cm³/mol. The van der Waals surface area contributed by atoms with Gasteiger partial charge in [-0.15, -0.1) is 0 Å². The maximum absolute atomic E-state index is 11.2. The Kier molecular flexibility index (Phi) is 13.9. The van der Waals surface area contributed by atoms with Gasteiger partial charge in [0.2, 0.25) is 5.91 Å². The zero-order valence-electron chi connectivity index (χ0n) is 17.5. The first-order valence-corrected chi connectivity index (χ1v) is 10.5. The van der Waals surface area contributed by atoms with Gasteiger partial charge in [0.1, 0.15) is 5.25 Å². The number of carboxylic acids is 1. The summed E-state index contributed by atoms with van der Waals surface area (Å²) in [5.74, 6) is 0.377. The highest BCUT2D eigenvalue weighted by Gasteiger charge is 2.30. The lowest BCUT2D eigenvalue weighted by molar-refractivity contribution is -0.138. The van der Waals surface area contributed by atoms with E-state index in [-0.39, 0.29) is 12.3 Å². The highest BCUT2D eigenvalue weighted by Crippen LogP contribution is 2.32. The van der Waals surface area contributed by atoms with Crippen molar-refractivity contribution in [3.8, 4) is 11.5 Å². The molecule has 0 aromatic heterocycles. The molecule has 7 nitrogen and oxygen atoms in total. The van der Waals surface area contributed by atoms with Crippen molar-refractivity contribution >= 4 is 46.3 Å². The number of carbonyl (C=O) groups is 2. The van der Waals surface area contributed by atoms with Crippen LogP contribution in [0, 0.1) is 6.92 Å². The fourth-order valence-electron chi connectivity index (χ4n) is 2.06. The third kappa shape index (κ3) is 10.4. The minimum Gasteiger partial charge on any atom is -0.493 e. The van der Waals surface area contributed by atoms with Crippen molar-refractivity contribution < 1.29 is 24.2 Å². The molecule has 1 saturated heterocycles. The highest BCUT2D eigenvalue weighted by atomic mass is 79.9. The van der Waals surface area contributed by atoms with Gasteiger partial charge in [-0.1, -0.05) is 47.1 Å². The van der Waals surface area contributed by atoms with Gasteiger partial charge in [-0.05, 0) is 37.8 Å². The number of ether oxygens (including phenoxy) is 2. The Balaban J connectivity index is 0.000000481. The number of benzene rings is 1. The van der Waals surface area contributed by atoms with Crippen molar-refractivity contribution in [2.75, 3.05) is 21.3 Å². The molecule has 0 spiro atoms. The Bertz CT molecular complexity index is 696. The summed E-state index contributed by atoms with van der Waals surface area (Å²) in [4.78, 5) is 24.9. The van der Waals surface area contributed by atoms with Crippen LogP contribution in [0.15, 0.2) is 32.7 Å². The minimum absolute atomic E-state index is 0.111. The quantitative estimate of drug-likeness (QED) is 0.574. The van der Waals surface area contributed by atoms with E-state index in [2.05, 4.69) is 33.0 Å². The van der Waals surface area contributed by atoms with Crippen LogP contribution in [0.3, 0.4) is 0 Å². The van der Waals surface area contributed by atoms with Crippen molar-refractivity contribution in [2.24, 2.45) is 4.99 Å². The average Bonchev–Trinajstić information content (AvgIpc) is 3.01. The topological polar surface area (TPSA) is 97.2 Å². The lowest BCUT2D eigenvalue weighted by Crippen LogP contribution is -2.24. The number of nitrogens with one attached hydrogen (secondary N) is 1. The number of thioether (sulfide) groups is 1. The number of nitrogens with zero attached hydrogens (tertiary/aromatic N) is 1. The molecule has 1 unspecified atom stereocenters. The van der Waals surface area contributed by atoms with Gasteiger partial charge >= 0.3 is 5.97 Å². The highest BCUT2D eigenvalue weighted by molar-refractivity contribution is 9.10. The molecule has 1 aromatic carbocycles. The van der Waals surface area contributed by atoms with E-state index in [9.17, 15) is 9.59 Å². The molecule has 2 rings (SSSR count). The number of aliphatic imine (C=N–C) groups is 1. The summed E-state index contributed by atoms with van der Waals surface area (Å²) in [7, 11) is 4.89. The van der Waals surface area contributed by atoms with E-state index in [0.29, 0.717) is 0 Å². The van der Waals surface area contributed by atoms with E-state index in [4.69, 9.17) is 14.6 Å². The van der Waals surface area contributed by atoms with Crippen LogP contribution in [-0.4, -0.2) is 50.2 Å². The van der Waals surface area contributed by atoms with Crippen LogP contribution in [0.2, 0.25) is 0 Å². The Hall–Kier alpha value is -2.00. The molecule has 1 aliphatic rings. The van der Waals surface area contributed by atoms with Crippen LogP contribution >= 0.6 is 27.7 Å². The zero-order valence-corrected chi connectivity index (χ0v) is 19.9. The van der Waals surface area contributed by atoms with Crippen LogP contribution in [-0.2, 0) is 9.59 Å². The number of hydrogen-bond acceptors (Lipinski definition) is 6. The normalized spacial score (nSPS) is 16.0. The maximum Gasteiger partial charge on any atom is 0.305 e. The lowest BCUT2D eigenvalue weighted by atomic mass is 10.2. The molecular formula is C20H29BrN2O5S. The molecule has 0 radical (unpaired) electrons. The molecule has 2 N–H and O–H groups in total. The molecule has 0 aliphatic carbocycles. The van der Waals surface area contributed by atoms with E-state index >= 15 is 0 Å². The Labute approximate surface area is 185 Å². The van der Waals surface area contributed by atoms with Gasteiger partial charge in [0.25, 0.3) is 0 Å². The molecule has 0 saturated carbocycles. The molecule has 29 heavy (non-hydrogen) atoms. The van der Waals surface area contributed by atoms with Gasteiger partial charge in [0, 0.05) is 11.5 Å². The number of carbonyl (C=O) groups excluding carboxylic acids is 1. The fourth-order valence-corrected chi connectivity index (χ4v) is 3.46. The number of aliphatic carboxylic acids is 1. The lowest BCUT2D eigenvalue weighted by Gasteiger charge is -2.08. The van der Waals surface area contributed by atoms with E-state index in [1.54, 1.807) is 21.3 Å². The van der Waals surface area contributed by atoms with Gasteiger partial charge in [0.15, 0.2) is 11.5 Å². The number of amides is 1. The maximum atomic E-state index is 11.2. The molecular weight excluding hydrogens is 460 g/mol. The van der Waals surface area contributed by atoms with Gasteiger partial charge in [-0.2, -0.15) is 0 Å². The summed E-state index contributed by atoms with van der Waals surface area (Å²) < 4.78 is 11.3. The largest absolute Gasteiger partial charge is 0.493 e. The summed E-state index contributed by atoms with van der Waals surface area (Å²) >= 11 is 4.72. The summed E-state index contributed by atoms with van der Waals surface area (Å²) in [5.41, 5.74) is 1.13. The second-order valence-corrected chi connectivity index (χ2v) is 7.92. The number of hydrogen-bond donors (Lipinski definition) is 2. The molecule has 9 heteroatoms. The molecule has 1 heterocycles. The van der Waals surface area contributed by atoms with Crippen LogP contribution in [0.25, 0.3) is 0 Å². The first-order valence-electron chi connectivity index (χ1n) is 8.86. The zero-order chi connectivity index (χ0) is 22.4. The number of halogens is 1. The van der Waals surface area contributed by atoms with Gasteiger partial charge in [0.05, 0.1) is 25.7 Å². The van der Waals surface area contributed by atoms with Crippen molar-refractivity contribution in [2.45, 2.75) is 38.4 Å². The smallest absolute Gasteiger partial charge is 0.305 e. The first-order chi connectivity index (χ1) is 13.7. The predicted octanol–water partition coefficient (Wildman–Crippen LogP) is 4.43. The van der Waals surface area contributed by atoms with E-state index in [1.807, 2.05) is 32.1 Å². The molecule has 0 bridgehead atoms. The SMILES string of the molecule is C=NC.CCC/C=C1/NC(=O)C(CC(=O)O)S1.COc1cc(C)c(Br)cc1OC. The van der Waals surface area contributed by atoms with Crippen LogP contribution < -0.4 is 14.8 Å². The Morgan fingerprint density at radius 3 is 2.41 bits per heavy atom. The summed E-state index contributed by atoms with van der Waals surface area (Å²) in [5, 5.41) is 11.5. The third-order valence-corrected chi connectivity index (χ3v) is 5.49. The van der Waals surface area contributed by atoms with Gasteiger partial charge in [-0.3, -0.25) is 9.59 Å². The summed E-state index contributed by atoms with van der Waals surface area (Å²) in [6, 6.07) is 3.83. The average molecular weight is 489 g/mol. The molecule has 1 amide bonds. The third-order valence-electron chi connectivity index (χ3n) is 3.45. The van der Waals surface area contributed by atoms with Gasteiger partial charge in [-0.25, -0.2) is 0 Å². The summed E-state index contributed by atoms with van der Waals surface area (Å²) in [6.07, 6.45) is 3.75. The van der Waals surface area contributed by atoms with Crippen LogP contribution in [0.5, 0.6) is 11.5 Å². The number of aryl methyl sites for hydroxylation is 1. The van der Waals surface area contributed by atoms with Crippen molar-refractivity contribution in [1.29, 1.82) is 0 Å². The first kappa shape index (κ1) is 27.0. The van der Waals surface area contributed by atoms with Crippen LogP contribution in [0.4, 0.5) is 0 Å². The molecule has 1 aromatic rings. The molecule has 1 aliphatic heterocycles. The van der Waals surface area contributed by atoms with E-state index in [0.717, 1.165) is 39.4 Å². The van der Waals surface area contributed by atoms with Crippen molar-refractivity contribution in [3.63, 3.8) is 0 Å². The van der Waals surface area contributed by atoms with E-state index < -0.39 is 11.2 Å². The monoisotopic (exact) mass is 488 g/mol. The Morgan fingerprint density at radius 1 is 1.38 bits per heavy atom. The van der Waals surface area contributed by atoms with Crippen molar-refractivity contribution in [1.82, 2.24) is 5.32 Å². The van der Waals surface area contributed by atoms with Gasteiger partial charge < -0.3 is 24.9 Å². The molecule has 1 fully saturated rings. The number of methoxy groups -OCH3 is 2. The fraction of sp³-hybridized carbons (Fsp3) is 0.450. The second kappa shape index (κ2) is 14.9. The second-order valence-electron chi connectivity index (χ2n) is 5.82. The van der Waals surface area contributed by atoms with Crippen LogP contribution in [0.1, 0.15) is 31.7 Å². The number of rotatable bonds is 6. The standard InChI is InChI=1S/C9H11BrO2.C9H13NO3S.C2H5N/c1-6-4-8(11-2)9(12-3)5-7(6)10;1-2-3-4-7-10-9(13)6(14-7)5-8(11)12;1-3-2/h4-5H,1-3H3;4,6H,2-3,5H2,1H3,(H,10,13)(H,11,12);1H2,2H3/b;7-4-;.